The third-order valence-corrected chi connectivity index (χ3v) is 7.10. The first-order valence-electron chi connectivity index (χ1n) is 13.5. The summed E-state index contributed by atoms with van der Waals surface area (Å²) in [5.41, 5.74) is 3.34. The number of ether oxygens (including phenoxy) is 2. The molecule has 1 aromatic carbocycles. The number of halogens is 1. The van der Waals surface area contributed by atoms with Gasteiger partial charge in [0.2, 0.25) is 5.91 Å². The molecule has 2 heterocycles. The van der Waals surface area contributed by atoms with Crippen LogP contribution in [0.25, 0.3) is 5.57 Å². The Morgan fingerprint density at radius 3 is 2.71 bits per heavy atom. The minimum absolute atomic E-state index is 0.0311. The van der Waals surface area contributed by atoms with Crippen molar-refractivity contribution in [3.63, 3.8) is 0 Å². The molecule has 204 valence electrons. The highest BCUT2D eigenvalue weighted by Crippen LogP contribution is 2.33. The molecule has 1 fully saturated rings. The molecule has 0 saturated carbocycles. The Morgan fingerprint density at radius 1 is 1.18 bits per heavy atom. The Labute approximate surface area is 225 Å². The first-order valence-corrected chi connectivity index (χ1v) is 13.5. The van der Waals surface area contributed by atoms with E-state index in [1.165, 1.54) is 12.1 Å². The number of nitrogens with one attached hydrogen (secondary N) is 1. The molecule has 2 aromatic rings. The number of benzene rings is 1. The predicted molar refractivity (Wildman–Crippen MR) is 147 cm³/mol. The van der Waals surface area contributed by atoms with Gasteiger partial charge in [-0.15, -0.1) is 0 Å². The monoisotopic (exact) mass is 522 g/mol. The van der Waals surface area contributed by atoms with Gasteiger partial charge in [0.05, 0.1) is 12.5 Å². The highest BCUT2D eigenvalue weighted by atomic mass is 19.1. The molecule has 7 nitrogen and oxygen atoms in total. The van der Waals surface area contributed by atoms with Crippen molar-refractivity contribution in [3.8, 4) is 0 Å². The van der Waals surface area contributed by atoms with Crippen molar-refractivity contribution in [2.45, 2.75) is 32.9 Å². The quantitative estimate of drug-likeness (QED) is 0.486. The number of hydrogen-bond acceptors (Lipinski definition) is 6. The van der Waals surface area contributed by atoms with Crippen molar-refractivity contribution < 1.29 is 18.7 Å². The topological polar surface area (TPSA) is 66.9 Å². The molecule has 2 unspecified atom stereocenters. The third kappa shape index (κ3) is 7.72. The van der Waals surface area contributed by atoms with Crippen molar-refractivity contribution in [2.75, 3.05) is 53.0 Å². The van der Waals surface area contributed by atoms with Crippen LogP contribution in [0.3, 0.4) is 0 Å². The Bertz CT molecular complexity index is 1130. The van der Waals surface area contributed by atoms with Crippen molar-refractivity contribution in [1.29, 1.82) is 0 Å². The summed E-state index contributed by atoms with van der Waals surface area (Å²) < 4.78 is 25.7. The molecule has 2 aliphatic rings. The zero-order valence-corrected chi connectivity index (χ0v) is 22.7. The Hall–Kier alpha value is -3.07. The van der Waals surface area contributed by atoms with E-state index in [9.17, 15) is 9.18 Å². The van der Waals surface area contributed by atoms with E-state index in [0.717, 1.165) is 55.2 Å². The van der Waals surface area contributed by atoms with Gasteiger partial charge < -0.3 is 19.7 Å². The van der Waals surface area contributed by atoms with Crippen LogP contribution < -0.4 is 5.32 Å². The van der Waals surface area contributed by atoms with E-state index >= 15 is 0 Å². The van der Waals surface area contributed by atoms with Gasteiger partial charge in [0.1, 0.15) is 18.2 Å². The van der Waals surface area contributed by atoms with E-state index in [4.69, 9.17) is 9.47 Å². The lowest BCUT2D eigenvalue weighted by atomic mass is 9.89. The maximum absolute atomic E-state index is 13.4. The zero-order valence-electron chi connectivity index (χ0n) is 22.7. The lowest BCUT2D eigenvalue weighted by Gasteiger charge is -2.33. The number of pyridine rings is 1. The number of hydrogen-bond donors (Lipinski definition) is 1. The van der Waals surface area contributed by atoms with Gasteiger partial charge in [0.15, 0.2) is 0 Å². The molecule has 1 amide bonds. The highest BCUT2D eigenvalue weighted by molar-refractivity contribution is 5.79. The lowest BCUT2D eigenvalue weighted by Crippen LogP contribution is -2.45. The van der Waals surface area contributed by atoms with E-state index in [1.807, 2.05) is 19.1 Å². The van der Waals surface area contributed by atoms with E-state index < -0.39 is 0 Å². The summed E-state index contributed by atoms with van der Waals surface area (Å²) in [6.07, 6.45) is 6.07. The molecule has 1 aliphatic heterocycles. The molecule has 0 spiro atoms. The number of aromatic nitrogens is 1. The molecule has 0 bridgehead atoms. The van der Waals surface area contributed by atoms with Gasteiger partial charge in [-0.05, 0) is 37.7 Å². The smallest absolute Gasteiger partial charge is 0.226 e. The first-order chi connectivity index (χ1) is 18.4. The summed E-state index contributed by atoms with van der Waals surface area (Å²) in [6, 6.07) is 10.1. The summed E-state index contributed by atoms with van der Waals surface area (Å²) in [4.78, 5) is 21.8. The van der Waals surface area contributed by atoms with Crippen LogP contribution >= 0.6 is 0 Å². The molecule has 1 saturated heterocycles. The van der Waals surface area contributed by atoms with Crippen molar-refractivity contribution >= 4 is 11.5 Å². The lowest BCUT2D eigenvalue weighted by molar-refractivity contribution is -0.120. The number of likely N-dealkylation sites (N-methyl/N-ethyl adjacent to an activating group) is 1. The summed E-state index contributed by atoms with van der Waals surface area (Å²) in [5.74, 6) is 0.523. The van der Waals surface area contributed by atoms with Crippen molar-refractivity contribution in [2.24, 2.45) is 5.92 Å². The van der Waals surface area contributed by atoms with Crippen LogP contribution in [0.2, 0.25) is 0 Å². The average Bonchev–Trinajstić information content (AvgIpc) is 2.91. The molecular formula is C30H39FN4O3. The minimum atomic E-state index is -0.315. The van der Waals surface area contributed by atoms with Gasteiger partial charge in [0.25, 0.3) is 0 Å². The Morgan fingerprint density at radius 2 is 2.00 bits per heavy atom. The van der Waals surface area contributed by atoms with Crippen LogP contribution in [0, 0.1) is 11.7 Å². The van der Waals surface area contributed by atoms with Crippen molar-refractivity contribution in [1.82, 2.24) is 20.1 Å². The molecule has 8 heteroatoms. The normalized spacial score (nSPS) is 20.5. The summed E-state index contributed by atoms with van der Waals surface area (Å²) >= 11 is 0. The van der Waals surface area contributed by atoms with Gasteiger partial charge >= 0.3 is 0 Å². The molecule has 1 N–H and O–H groups in total. The zero-order chi connectivity index (χ0) is 26.9. The standard InChI is InChI=1S/C30H39FN4O3/c1-4-37-28-11-10-27(30(22(28)2)38-17-16-35-14-12-34(3)13-15-35)24-8-9-26(32-21-24)19-29(36)33-20-23-6-5-7-25(31)18-23/h5-11,18,21-22,28H,4,12-17,19-20H2,1-3H3,(H,33,36). The fourth-order valence-corrected chi connectivity index (χ4v) is 4.79. The molecule has 38 heavy (non-hydrogen) atoms. The number of amides is 1. The van der Waals surface area contributed by atoms with Crippen molar-refractivity contribution in [3.05, 3.63) is 83.1 Å². The molecule has 0 radical (unpaired) electrons. The molecule has 1 aromatic heterocycles. The second-order valence-corrected chi connectivity index (χ2v) is 9.96. The minimum Gasteiger partial charge on any atom is -0.496 e. The number of allylic oxidation sites excluding steroid dienone is 2. The van der Waals surface area contributed by atoms with E-state index in [2.05, 4.69) is 46.2 Å². The number of carbonyl (C=O) groups excluding carboxylic acids is 1. The van der Waals surface area contributed by atoms with Crippen LogP contribution in [0.5, 0.6) is 0 Å². The average molecular weight is 523 g/mol. The Kier molecular flexibility index (Phi) is 10.0. The number of carbonyl (C=O) groups is 1. The molecule has 2 atom stereocenters. The summed E-state index contributed by atoms with van der Waals surface area (Å²) in [7, 11) is 2.16. The van der Waals surface area contributed by atoms with Crippen LogP contribution in [0.1, 0.15) is 30.7 Å². The maximum atomic E-state index is 13.4. The van der Waals surface area contributed by atoms with Crippen LogP contribution in [-0.2, 0) is 27.2 Å². The molecular weight excluding hydrogens is 483 g/mol. The van der Waals surface area contributed by atoms with E-state index in [1.54, 1.807) is 18.3 Å². The Balaban J connectivity index is 1.39. The van der Waals surface area contributed by atoms with Gasteiger partial charge in [-0.3, -0.25) is 14.7 Å². The summed E-state index contributed by atoms with van der Waals surface area (Å²) in [5, 5.41) is 2.83. The predicted octanol–water partition coefficient (Wildman–Crippen LogP) is 3.67. The van der Waals surface area contributed by atoms with Gasteiger partial charge in [0, 0.05) is 74.8 Å². The van der Waals surface area contributed by atoms with Gasteiger partial charge in [-0.25, -0.2) is 4.39 Å². The highest BCUT2D eigenvalue weighted by Gasteiger charge is 2.28. The van der Waals surface area contributed by atoms with E-state index in [-0.39, 0.29) is 36.7 Å². The second kappa shape index (κ2) is 13.6. The fraction of sp³-hybridized carbons (Fsp3) is 0.467. The van der Waals surface area contributed by atoms with E-state index in [0.29, 0.717) is 18.9 Å². The van der Waals surface area contributed by atoms with Crippen LogP contribution in [0.15, 0.2) is 60.5 Å². The molecule has 4 rings (SSSR count). The SMILES string of the molecule is CCOC1C=CC(c2ccc(CC(=O)NCc3cccc(F)c3)nc2)=C(OCCN2CCN(C)CC2)C1C. The van der Waals surface area contributed by atoms with Crippen LogP contribution in [-0.4, -0.2) is 79.8 Å². The molecule has 1 aliphatic carbocycles. The second-order valence-electron chi connectivity index (χ2n) is 9.96. The number of rotatable bonds is 11. The number of piperazine rings is 1. The first kappa shape index (κ1) is 28.0. The largest absolute Gasteiger partial charge is 0.496 e. The summed E-state index contributed by atoms with van der Waals surface area (Å²) in [6.45, 7) is 10.9. The maximum Gasteiger partial charge on any atom is 0.226 e. The number of nitrogens with zero attached hydrogens (tertiary/aromatic N) is 3. The van der Waals surface area contributed by atoms with Crippen LogP contribution in [0.4, 0.5) is 4.39 Å². The fourth-order valence-electron chi connectivity index (χ4n) is 4.79. The van der Waals surface area contributed by atoms with Gasteiger partial charge in [-0.1, -0.05) is 37.3 Å². The van der Waals surface area contributed by atoms with Gasteiger partial charge in [-0.2, -0.15) is 0 Å². The third-order valence-electron chi connectivity index (χ3n) is 7.10.